The summed E-state index contributed by atoms with van der Waals surface area (Å²) in [6, 6.07) is 20.4. The number of ether oxygens (including phenoxy) is 2. The van der Waals surface area contributed by atoms with Gasteiger partial charge in [-0.3, -0.25) is 9.59 Å². The van der Waals surface area contributed by atoms with E-state index in [2.05, 4.69) is 17.0 Å². The molecule has 0 unspecified atom stereocenters. The fourth-order valence-electron chi connectivity index (χ4n) is 6.47. The first kappa shape index (κ1) is 35.1. The zero-order valence-electron chi connectivity index (χ0n) is 28.3. The van der Waals surface area contributed by atoms with Crippen LogP contribution in [-0.4, -0.2) is 79.0 Å². The van der Waals surface area contributed by atoms with E-state index in [-0.39, 0.29) is 28.9 Å². The molecule has 11 heteroatoms. The quantitative estimate of drug-likeness (QED) is 0.166. The molecule has 4 aromatic rings. The molecular weight excluding hydrogens is 671 g/mol. The highest BCUT2D eigenvalue weighted by atomic mass is 32.2. The molecule has 3 aromatic carbocycles. The Balaban J connectivity index is 1.14. The zero-order valence-corrected chi connectivity index (χ0v) is 29.9. The lowest BCUT2D eigenvalue weighted by Crippen LogP contribution is -2.41. The molecule has 260 valence electrons. The summed E-state index contributed by atoms with van der Waals surface area (Å²) in [6.07, 6.45) is 8.49. The molecule has 6 rings (SSSR count). The van der Waals surface area contributed by atoms with Crippen LogP contribution in [0.4, 0.5) is 0 Å². The van der Waals surface area contributed by atoms with Gasteiger partial charge in [0.25, 0.3) is 0 Å². The van der Waals surface area contributed by atoms with Crippen molar-refractivity contribution in [2.24, 2.45) is 0 Å². The number of nitrogens with zero attached hydrogens (tertiary/aromatic N) is 3. The molecule has 2 aliphatic heterocycles. The molecule has 1 aromatic heterocycles. The monoisotopic (exact) mass is 711 g/mol. The second-order valence-corrected chi connectivity index (χ2v) is 15.3. The van der Waals surface area contributed by atoms with Crippen molar-refractivity contribution in [2.75, 3.05) is 32.4 Å². The number of amides is 2. The second-order valence-electron chi connectivity index (χ2n) is 12.7. The summed E-state index contributed by atoms with van der Waals surface area (Å²) in [5.41, 5.74) is 5.06. The van der Waals surface area contributed by atoms with Crippen LogP contribution >= 0.6 is 11.5 Å². The topological polar surface area (TPSA) is 106 Å². The molecule has 2 saturated heterocycles. The van der Waals surface area contributed by atoms with Gasteiger partial charge in [0.05, 0.1) is 10.6 Å². The molecule has 0 bridgehead atoms. The van der Waals surface area contributed by atoms with Gasteiger partial charge in [-0.25, -0.2) is 8.42 Å². The summed E-state index contributed by atoms with van der Waals surface area (Å²) in [6.45, 7) is 7.85. The number of rotatable bonds is 10. The number of sulfone groups is 1. The first-order valence-electron chi connectivity index (χ1n) is 16.8. The van der Waals surface area contributed by atoms with Gasteiger partial charge < -0.3 is 19.3 Å². The van der Waals surface area contributed by atoms with Crippen LogP contribution in [-0.2, 0) is 19.4 Å². The minimum absolute atomic E-state index is 0.00123. The van der Waals surface area contributed by atoms with Crippen LogP contribution in [0, 0.1) is 6.92 Å². The average Bonchev–Trinajstić information content (AvgIpc) is 3.56. The summed E-state index contributed by atoms with van der Waals surface area (Å²) in [5, 5.41) is 2.04. The highest BCUT2D eigenvalue weighted by molar-refractivity contribution is 7.90. The summed E-state index contributed by atoms with van der Waals surface area (Å²) in [7, 11) is -3.55. The third kappa shape index (κ3) is 8.34. The Labute approximate surface area is 297 Å². The largest absolute Gasteiger partial charge is 0.490 e. The first-order chi connectivity index (χ1) is 24.1. The van der Waals surface area contributed by atoms with Gasteiger partial charge in [-0.05, 0) is 77.6 Å². The van der Waals surface area contributed by atoms with Crippen LogP contribution in [0.1, 0.15) is 36.9 Å². The van der Waals surface area contributed by atoms with Crippen molar-refractivity contribution in [3.05, 3.63) is 102 Å². The van der Waals surface area contributed by atoms with E-state index in [0.717, 1.165) is 22.6 Å². The van der Waals surface area contributed by atoms with Crippen molar-refractivity contribution in [2.45, 2.75) is 49.7 Å². The minimum Gasteiger partial charge on any atom is -0.490 e. The van der Waals surface area contributed by atoms with E-state index in [1.54, 1.807) is 41.3 Å². The standard InChI is InChI=1S/C39H41N3O6S2/c1-4-38(43)41-20-16-31(17-21-41)48-33-14-12-28(35(25-33)34-10-5-6-11-37(34)50(3,45)46)13-15-39(44)42-22-18-30(19-23-42)47-32-9-7-8-29(24-32)36-26-49-40-27(36)2/h4-15,24-26,30-31H,1,16-23H2,2-3H3/b15-13+. The molecule has 0 saturated carbocycles. The van der Waals surface area contributed by atoms with Crippen LogP contribution in [0.15, 0.2) is 95.7 Å². The number of carbonyl (C=O) groups excluding carboxylic acids is 2. The van der Waals surface area contributed by atoms with Gasteiger partial charge in [0.1, 0.15) is 23.7 Å². The van der Waals surface area contributed by atoms with E-state index in [9.17, 15) is 18.0 Å². The summed E-state index contributed by atoms with van der Waals surface area (Å²) in [4.78, 5) is 29.2. The summed E-state index contributed by atoms with van der Waals surface area (Å²) in [5.74, 6) is 1.19. The maximum absolute atomic E-state index is 13.4. The minimum atomic E-state index is -3.55. The number of aromatic nitrogens is 1. The van der Waals surface area contributed by atoms with Gasteiger partial charge in [0.2, 0.25) is 11.8 Å². The number of piperidine rings is 2. The number of likely N-dealkylation sites (tertiary alicyclic amines) is 2. The molecule has 2 aliphatic rings. The molecule has 9 nitrogen and oxygen atoms in total. The van der Waals surface area contributed by atoms with Crippen LogP contribution in [0.3, 0.4) is 0 Å². The lowest BCUT2D eigenvalue weighted by Gasteiger charge is -2.31. The van der Waals surface area contributed by atoms with Gasteiger partial charge >= 0.3 is 0 Å². The van der Waals surface area contributed by atoms with Crippen LogP contribution in [0.25, 0.3) is 28.3 Å². The number of benzene rings is 3. The normalized spacial score (nSPS) is 16.0. The molecule has 3 heterocycles. The Kier molecular flexibility index (Phi) is 10.8. The Hall–Kier alpha value is -4.74. The van der Waals surface area contributed by atoms with E-state index in [1.165, 1.54) is 23.9 Å². The lowest BCUT2D eigenvalue weighted by molar-refractivity contribution is -0.128. The third-order valence-electron chi connectivity index (χ3n) is 9.19. The number of aryl methyl sites for hydroxylation is 1. The Bertz CT molecular complexity index is 2010. The van der Waals surface area contributed by atoms with Gasteiger partial charge in [-0.1, -0.05) is 43.0 Å². The first-order valence-corrected chi connectivity index (χ1v) is 19.5. The van der Waals surface area contributed by atoms with Gasteiger partial charge in [-0.15, -0.1) is 0 Å². The molecule has 50 heavy (non-hydrogen) atoms. The number of carbonyl (C=O) groups is 2. The van der Waals surface area contributed by atoms with Crippen molar-refractivity contribution in [3.8, 4) is 33.8 Å². The number of hydrogen-bond acceptors (Lipinski definition) is 8. The predicted octanol–water partition coefficient (Wildman–Crippen LogP) is 6.83. The summed E-state index contributed by atoms with van der Waals surface area (Å²) >= 11 is 1.44. The predicted molar refractivity (Wildman–Crippen MR) is 197 cm³/mol. The lowest BCUT2D eigenvalue weighted by atomic mass is 9.98. The van der Waals surface area contributed by atoms with Crippen molar-refractivity contribution in [1.82, 2.24) is 14.2 Å². The smallest absolute Gasteiger partial charge is 0.246 e. The summed E-state index contributed by atoms with van der Waals surface area (Å²) < 4.78 is 42.6. The fraction of sp³-hybridized carbons (Fsp3) is 0.308. The highest BCUT2D eigenvalue weighted by Crippen LogP contribution is 2.35. The van der Waals surface area contributed by atoms with Gasteiger partial charge in [-0.2, -0.15) is 4.37 Å². The molecule has 0 aliphatic carbocycles. The van der Waals surface area contributed by atoms with Crippen LogP contribution in [0.2, 0.25) is 0 Å². The van der Waals surface area contributed by atoms with Crippen LogP contribution in [0.5, 0.6) is 11.5 Å². The average molecular weight is 712 g/mol. The van der Waals surface area contributed by atoms with Crippen molar-refractivity contribution in [1.29, 1.82) is 0 Å². The van der Waals surface area contributed by atoms with Crippen LogP contribution < -0.4 is 9.47 Å². The molecule has 2 fully saturated rings. The van der Waals surface area contributed by atoms with Gasteiger partial charge in [0, 0.05) is 80.7 Å². The maximum Gasteiger partial charge on any atom is 0.246 e. The number of hydrogen-bond donors (Lipinski definition) is 0. The van der Waals surface area contributed by atoms with E-state index in [1.807, 2.05) is 53.6 Å². The highest BCUT2D eigenvalue weighted by Gasteiger charge is 2.25. The second kappa shape index (κ2) is 15.4. The fourth-order valence-corrected chi connectivity index (χ4v) is 8.10. The zero-order chi connectivity index (χ0) is 35.3. The van der Waals surface area contributed by atoms with Gasteiger partial charge in [0.15, 0.2) is 9.84 Å². The van der Waals surface area contributed by atoms with E-state index >= 15 is 0 Å². The maximum atomic E-state index is 13.4. The Morgan fingerprint density at radius 1 is 0.820 bits per heavy atom. The Morgan fingerprint density at radius 3 is 2.08 bits per heavy atom. The van der Waals surface area contributed by atoms with E-state index in [0.29, 0.717) is 74.3 Å². The van der Waals surface area contributed by atoms with E-state index < -0.39 is 9.84 Å². The molecule has 0 spiro atoms. The van der Waals surface area contributed by atoms with E-state index in [4.69, 9.17) is 9.47 Å². The van der Waals surface area contributed by atoms with Crippen molar-refractivity contribution < 1.29 is 27.5 Å². The SMILES string of the molecule is C=CC(=O)N1CCC(Oc2ccc(/C=C/C(=O)N3CCC(Oc4cccc(-c5csnc5C)c4)CC3)c(-c3ccccc3S(C)(=O)=O)c2)CC1. The molecular formula is C39H41N3O6S2. The Morgan fingerprint density at radius 2 is 1.46 bits per heavy atom. The molecule has 0 atom stereocenters. The molecule has 0 N–H and O–H groups in total. The van der Waals surface area contributed by atoms with Crippen molar-refractivity contribution in [3.63, 3.8) is 0 Å². The molecule has 2 amide bonds. The van der Waals surface area contributed by atoms with Crippen molar-refractivity contribution >= 4 is 39.3 Å². The third-order valence-corrected chi connectivity index (χ3v) is 11.1. The molecule has 0 radical (unpaired) electrons.